The fraction of sp³-hybridized carbons (Fsp3) is 0.750. The maximum Gasteiger partial charge on any atom is 0.321 e. The van der Waals surface area contributed by atoms with Gasteiger partial charge in [0.05, 0.1) is 25.4 Å². The summed E-state index contributed by atoms with van der Waals surface area (Å²) >= 11 is 0. The van der Waals surface area contributed by atoms with Gasteiger partial charge in [-0.2, -0.15) is 0 Å². The summed E-state index contributed by atoms with van der Waals surface area (Å²) in [5.74, 6) is 3.90. The van der Waals surface area contributed by atoms with E-state index in [9.17, 15) is 15.0 Å². The number of nitrogens with zero attached hydrogens (tertiary/aromatic N) is 1. The van der Waals surface area contributed by atoms with Crippen LogP contribution in [0.25, 0.3) is 0 Å². The molecule has 11 aliphatic rings. The highest BCUT2D eigenvalue weighted by atomic mass is 16.5. The summed E-state index contributed by atoms with van der Waals surface area (Å²) in [6.07, 6.45) is 25.8. The summed E-state index contributed by atoms with van der Waals surface area (Å²) in [6.45, 7) is 5.82. The topological polar surface area (TPSA) is 99.1 Å². The Bertz CT molecular complexity index is 1740. The Morgan fingerprint density at radius 1 is 0.800 bits per heavy atom. The van der Waals surface area contributed by atoms with Crippen LogP contribution in [0.3, 0.4) is 0 Å². The van der Waals surface area contributed by atoms with Crippen LogP contribution in [0.1, 0.15) is 129 Å². The zero-order valence-corrected chi connectivity index (χ0v) is 33.8. The van der Waals surface area contributed by atoms with Gasteiger partial charge in [0.15, 0.2) is 5.78 Å². The van der Waals surface area contributed by atoms with Crippen LogP contribution in [0, 0.1) is 62.6 Å². The second kappa shape index (κ2) is 12.7. The van der Waals surface area contributed by atoms with Crippen LogP contribution in [0.5, 0.6) is 5.75 Å². The molecule has 8 atom stereocenters. The highest BCUT2D eigenvalue weighted by molar-refractivity contribution is 6.00. The van der Waals surface area contributed by atoms with Crippen LogP contribution < -0.4 is 10.1 Å². The Kier molecular flexibility index (Phi) is 8.46. The number of carbonyl (C=O) groups excluding carboxylic acids is 2. The van der Waals surface area contributed by atoms with Crippen molar-refractivity contribution in [3.8, 4) is 5.75 Å². The number of methoxy groups -OCH3 is 1. The number of amides is 2. The number of hydrogen-bond acceptors (Lipinski definition) is 5. The van der Waals surface area contributed by atoms with Gasteiger partial charge in [-0.15, -0.1) is 0 Å². The van der Waals surface area contributed by atoms with Crippen molar-refractivity contribution >= 4 is 17.5 Å². The molecule has 0 aliphatic heterocycles. The number of aliphatic hydroxyl groups is 2. The summed E-state index contributed by atoms with van der Waals surface area (Å²) in [5.41, 5.74) is -0.430. The SMILES string of the molecule is COc1ccc(NC(=O)N(CC23CC4CC(CC(C4)C2)C3)C[C@]2(O)CC[C@H]3[C@]45C=C[C@@]6(C=C4C(=O)C4CCCCC4)CC(O)CC[C@]6(C)[C@H]5CC[C@@]32C)cc1. The van der Waals surface area contributed by atoms with Gasteiger partial charge < -0.3 is 25.2 Å². The third-order valence-corrected chi connectivity index (χ3v) is 18.7. The fourth-order valence-corrected chi connectivity index (χ4v) is 16.5. The Labute approximate surface area is 329 Å². The quantitative estimate of drug-likeness (QED) is 0.230. The first-order valence-electron chi connectivity index (χ1n) is 22.4. The molecule has 8 fully saturated rings. The highest BCUT2D eigenvalue weighted by Gasteiger charge is 2.75. The molecular formula is C48H66N2O5. The molecular weight excluding hydrogens is 685 g/mol. The largest absolute Gasteiger partial charge is 0.497 e. The molecule has 7 nitrogen and oxygen atoms in total. The zero-order valence-electron chi connectivity index (χ0n) is 33.8. The number of hydrogen-bond donors (Lipinski definition) is 3. The van der Waals surface area contributed by atoms with E-state index in [1.807, 2.05) is 29.2 Å². The second-order valence-electron chi connectivity index (χ2n) is 21.4. The smallest absolute Gasteiger partial charge is 0.321 e. The highest BCUT2D eigenvalue weighted by Crippen LogP contribution is 2.78. The number of benzene rings is 1. The third kappa shape index (κ3) is 5.32. The number of nitrogens with one attached hydrogen (secondary N) is 1. The molecule has 7 heteroatoms. The van der Waals surface area contributed by atoms with Gasteiger partial charge in [-0.1, -0.05) is 51.3 Å². The predicted molar refractivity (Wildman–Crippen MR) is 214 cm³/mol. The number of allylic oxidation sites excluding steroid dienone is 4. The summed E-state index contributed by atoms with van der Waals surface area (Å²) in [6, 6.07) is 7.47. The van der Waals surface area contributed by atoms with E-state index < -0.39 is 16.4 Å². The first-order chi connectivity index (χ1) is 26.3. The van der Waals surface area contributed by atoms with Gasteiger partial charge in [0.1, 0.15) is 5.75 Å². The number of ketones is 1. The van der Waals surface area contributed by atoms with Gasteiger partial charge >= 0.3 is 6.03 Å². The molecule has 1 unspecified atom stereocenters. The summed E-state index contributed by atoms with van der Waals surface area (Å²) in [5, 5.41) is 27.8. The van der Waals surface area contributed by atoms with Crippen LogP contribution in [-0.4, -0.2) is 58.8 Å². The molecule has 0 saturated heterocycles. The molecule has 55 heavy (non-hydrogen) atoms. The van der Waals surface area contributed by atoms with Crippen molar-refractivity contribution in [2.24, 2.45) is 62.6 Å². The van der Waals surface area contributed by atoms with Gasteiger partial charge in [-0.3, -0.25) is 4.79 Å². The van der Waals surface area contributed by atoms with E-state index in [-0.39, 0.29) is 40.2 Å². The number of Topliss-reactive ketones (excluding diaryl/α,β-unsaturated/α-hetero) is 1. The molecule has 3 N–H and O–H groups in total. The molecule has 2 spiro atoms. The Hall–Kier alpha value is -2.64. The Morgan fingerprint density at radius 3 is 2.11 bits per heavy atom. The average Bonchev–Trinajstić information content (AvgIpc) is 3.44. The number of fused-ring (bicyclic) bond motifs is 1. The van der Waals surface area contributed by atoms with Crippen LogP contribution >= 0.6 is 0 Å². The standard InChI is InChI=1S/C48H66N2O5/c1-43-16-13-36(51)27-46(43)19-20-48(38(28-46)41(52)34-7-5-4-6-8-34)39(43)14-17-44(2)40(48)15-18-47(44,54)30-50(42(53)49-35-9-11-37(55-3)12-10-35)29-45-24-31-21-32(25-45)23-33(22-31)26-45/h9-12,19-20,28,31-34,36,39-40,51,54H,4-8,13-18,21-27,29-30H2,1-3H3,(H,49,53)/t31?,32?,33?,36?,39-,40-,43-,44+,45?,46+,47-,48-/m1/s1. The van der Waals surface area contributed by atoms with Gasteiger partial charge in [0.2, 0.25) is 0 Å². The maximum absolute atomic E-state index is 15.0. The van der Waals surface area contributed by atoms with Crippen molar-refractivity contribution in [2.45, 2.75) is 141 Å². The molecule has 12 rings (SSSR count). The van der Waals surface area contributed by atoms with Gasteiger partial charge in [-0.25, -0.2) is 4.79 Å². The molecule has 8 saturated carbocycles. The van der Waals surface area contributed by atoms with Gasteiger partial charge in [-0.05, 0) is 161 Å². The monoisotopic (exact) mass is 750 g/mol. The number of rotatable bonds is 8. The van der Waals surface area contributed by atoms with Crippen LogP contribution in [0.15, 0.2) is 48.1 Å². The lowest BCUT2D eigenvalue weighted by Gasteiger charge is -2.71. The lowest BCUT2D eigenvalue weighted by Crippen LogP contribution is -2.68. The lowest BCUT2D eigenvalue weighted by atomic mass is 9.32. The number of carbonyl (C=O) groups is 2. The van der Waals surface area contributed by atoms with Crippen LogP contribution in [-0.2, 0) is 4.79 Å². The van der Waals surface area contributed by atoms with Crippen molar-refractivity contribution in [3.63, 3.8) is 0 Å². The van der Waals surface area contributed by atoms with E-state index in [1.54, 1.807) is 7.11 Å². The van der Waals surface area contributed by atoms with Crippen molar-refractivity contribution < 1.29 is 24.5 Å². The average molecular weight is 751 g/mol. The lowest BCUT2D eigenvalue weighted by molar-refractivity contribution is -0.179. The van der Waals surface area contributed by atoms with E-state index in [2.05, 4.69) is 37.4 Å². The van der Waals surface area contributed by atoms with E-state index in [0.29, 0.717) is 37.6 Å². The second-order valence-corrected chi connectivity index (χ2v) is 21.4. The third-order valence-electron chi connectivity index (χ3n) is 18.7. The maximum atomic E-state index is 15.0. The molecule has 0 aromatic heterocycles. The molecule has 0 heterocycles. The number of urea groups is 1. The number of aliphatic hydroxyl groups excluding tert-OH is 1. The Balaban J connectivity index is 1.01. The van der Waals surface area contributed by atoms with E-state index in [1.165, 1.54) is 44.9 Å². The molecule has 298 valence electrons. The minimum atomic E-state index is -1.08. The number of ether oxygens (including phenoxy) is 1. The minimum Gasteiger partial charge on any atom is -0.497 e. The van der Waals surface area contributed by atoms with Gasteiger partial charge in [0.25, 0.3) is 0 Å². The molecule has 0 radical (unpaired) electrons. The summed E-state index contributed by atoms with van der Waals surface area (Å²) < 4.78 is 5.40. The van der Waals surface area contributed by atoms with E-state index in [4.69, 9.17) is 4.74 Å². The van der Waals surface area contributed by atoms with E-state index >= 15 is 4.79 Å². The molecule has 1 aromatic carbocycles. The summed E-state index contributed by atoms with van der Waals surface area (Å²) in [4.78, 5) is 31.8. The number of anilines is 1. The van der Waals surface area contributed by atoms with Crippen LogP contribution in [0.4, 0.5) is 10.5 Å². The normalized spacial score (nSPS) is 46.4. The predicted octanol–water partition coefficient (Wildman–Crippen LogP) is 9.49. The van der Waals surface area contributed by atoms with Crippen molar-refractivity contribution in [1.29, 1.82) is 0 Å². The van der Waals surface area contributed by atoms with Crippen LogP contribution in [0.2, 0.25) is 0 Å². The van der Waals surface area contributed by atoms with E-state index in [0.717, 1.165) is 92.6 Å². The van der Waals surface area contributed by atoms with Crippen molar-refractivity contribution in [1.82, 2.24) is 4.90 Å². The zero-order chi connectivity index (χ0) is 38.0. The van der Waals surface area contributed by atoms with Gasteiger partial charge in [0, 0.05) is 40.0 Å². The first-order valence-corrected chi connectivity index (χ1v) is 22.4. The van der Waals surface area contributed by atoms with Crippen molar-refractivity contribution in [2.75, 3.05) is 25.5 Å². The molecule has 1 aromatic rings. The minimum absolute atomic E-state index is 0.0395. The molecule has 2 amide bonds. The van der Waals surface area contributed by atoms with Crippen molar-refractivity contribution in [3.05, 3.63) is 48.1 Å². The molecule has 11 aliphatic carbocycles. The summed E-state index contributed by atoms with van der Waals surface area (Å²) in [7, 11) is 1.65. The fourth-order valence-electron chi connectivity index (χ4n) is 16.5. The Morgan fingerprint density at radius 2 is 1.44 bits per heavy atom. The first kappa shape index (κ1) is 36.7. The molecule has 6 bridgehead atoms.